The van der Waals surface area contributed by atoms with E-state index in [0.29, 0.717) is 0 Å². The first-order valence-corrected chi connectivity index (χ1v) is 7.03. The second-order valence-electron chi connectivity index (χ2n) is 5.05. The molecule has 0 aliphatic carbocycles. The largest absolute Gasteiger partial charge is 0.324 e. The topological polar surface area (TPSA) is 41.1 Å². The van der Waals surface area contributed by atoms with Crippen LogP contribution in [0.25, 0.3) is 11.1 Å². The van der Waals surface area contributed by atoms with E-state index in [2.05, 4.69) is 22.8 Å². The molecule has 2 aromatic rings. The van der Waals surface area contributed by atoms with Gasteiger partial charge in [0.2, 0.25) is 5.91 Å². The van der Waals surface area contributed by atoms with Crippen LogP contribution in [-0.4, -0.2) is 18.5 Å². The van der Waals surface area contributed by atoms with Crippen LogP contribution in [0.3, 0.4) is 0 Å². The smallest absolute Gasteiger partial charge is 0.241 e. The number of carbonyl (C=O) groups excluding carboxylic acids is 1. The number of hydrogen-bond acceptors (Lipinski definition) is 2. The maximum atomic E-state index is 12.2. The third-order valence-corrected chi connectivity index (χ3v) is 3.65. The van der Waals surface area contributed by atoms with Gasteiger partial charge in [0.25, 0.3) is 0 Å². The number of anilines is 1. The maximum Gasteiger partial charge on any atom is 0.241 e. The second kappa shape index (κ2) is 5.88. The lowest BCUT2D eigenvalue weighted by molar-refractivity contribution is -0.117. The number of rotatable bonds is 3. The molecule has 0 radical (unpaired) electrons. The van der Waals surface area contributed by atoms with E-state index in [9.17, 15) is 4.79 Å². The predicted octanol–water partition coefficient (Wildman–Crippen LogP) is 3.04. The molecule has 0 saturated carbocycles. The Morgan fingerprint density at radius 2 is 1.80 bits per heavy atom. The Labute approximate surface area is 119 Å². The zero-order valence-corrected chi connectivity index (χ0v) is 11.3. The summed E-state index contributed by atoms with van der Waals surface area (Å²) in [5.41, 5.74) is 3.04. The van der Waals surface area contributed by atoms with Crippen LogP contribution in [0, 0.1) is 0 Å². The van der Waals surface area contributed by atoms with Crippen molar-refractivity contribution in [2.75, 3.05) is 11.9 Å². The van der Waals surface area contributed by atoms with Crippen LogP contribution in [0.15, 0.2) is 54.6 Å². The molecule has 1 heterocycles. The quantitative estimate of drug-likeness (QED) is 0.896. The van der Waals surface area contributed by atoms with Gasteiger partial charge < -0.3 is 10.6 Å². The summed E-state index contributed by atoms with van der Waals surface area (Å²) in [6, 6.07) is 18.0. The van der Waals surface area contributed by atoms with Crippen LogP contribution in [0.1, 0.15) is 12.8 Å². The van der Waals surface area contributed by atoms with E-state index >= 15 is 0 Å². The van der Waals surface area contributed by atoms with Crippen LogP contribution in [0.4, 0.5) is 5.69 Å². The van der Waals surface area contributed by atoms with Crippen LogP contribution < -0.4 is 10.6 Å². The molecule has 3 nitrogen and oxygen atoms in total. The Kier molecular flexibility index (Phi) is 3.79. The van der Waals surface area contributed by atoms with Crippen molar-refractivity contribution in [2.45, 2.75) is 18.9 Å². The fraction of sp³-hybridized carbons (Fsp3) is 0.235. The minimum absolute atomic E-state index is 0.0566. The minimum atomic E-state index is -0.0566. The number of benzene rings is 2. The molecule has 1 atom stereocenters. The van der Waals surface area contributed by atoms with Gasteiger partial charge >= 0.3 is 0 Å². The van der Waals surface area contributed by atoms with Crippen molar-refractivity contribution in [3.8, 4) is 11.1 Å². The fourth-order valence-corrected chi connectivity index (χ4v) is 2.59. The van der Waals surface area contributed by atoms with Crippen molar-refractivity contribution in [2.24, 2.45) is 0 Å². The van der Waals surface area contributed by atoms with Gasteiger partial charge in [0.15, 0.2) is 0 Å². The highest BCUT2D eigenvalue weighted by atomic mass is 16.2. The molecular weight excluding hydrogens is 248 g/mol. The highest BCUT2D eigenvalue weighted by molar-refractivity contribution is 5.98. The van der Waals surface area contributed by atoms with E-state index in [4.69, 9.17) is 0 Å². The zero-order chi connectivity index (χ0) is 13.8. The van der Waals surface area contributed by atoms with Crippen molar-refractivity contribution in [3.63, 3.8) is 0 Å². The standard InChI is InChI=1S/C17H18N2O/c20-17(16-11-6-12-18-16)19-15-10-5-4-9-14(15)13-7-2-1-3-8-13/h1-5,7-10,16,18H,6,11-12H2,(H,19,20)/t16-/m1/s1. The first-order chi connectivity index (χ1) is 9.84. The van der Waals surface area contributed by atoms with E-state index in [0.717, 1.165) is 36.2 Å². The Morgan fingerprint density at radius 1 is 1.05 bits per heavy atom. The van der Waals surface area contributed by atoms with E-state index in [1.807, 2.05) is 42.5 Å². The van der Waals surface area contributed by atoms with Gasteiger partial charge in [0.05, 0.1) is 6.04 Å². The summed E-state index contributed by atoms with van der Waals surface area (Å²) in [4.78, 5) is 12.2. The van der Waals surface area contributed by atoms with E-state index in [1.165, 1.54) is 0 Å². The fourth-order valence-electron chi connectivity index (χ4n) is 2.59. The molecule has 3 heteroatoms. The molecule has 1 amide bonds. The molecule has 1 aliphatic heterocycles. The molecule has 3 rings (SSSR count). The average Bonchev–Trinajstić information content (AvgIpc) is 3.03. The van der Waals surface area contributed by atoms with Gasteiger partial charge in [-0.25, -0.2) is 0 Å². The maximum absolute atomic E-state index is 12.2. The average molecular weight is 266 g/mol. The molecule has 20 heavy (non-hydrogen) atoms. The molecular formula is C17H18N2O. The van der Waals surface area contributed by atoms with E-state index < -0.39 is 0 Å². The number of carbonyl (C=O) groups is 1. The van der Waals surface area contributed by atoms with Gasteiger partial charge in [-0.05, 0) is 31.0 Å². The molecule has 102 valence electrons. The molecule has 1 saturated heterocycles. The highest BCUT2D eigenvalue weighted by Gasteiger charge is 2.22. The minimum Gasteiger partial charge on any atom is -0.324 e. The van der Waals surface area contributed by atoms with Crippen molar-refractivity contribution < 1.29 is 4.79 Å². The number of hydrogen-bond donors (Lipinski definition) is 2. The summed E-state index contributed by atoms with van der Waals surface area (Å²) in [5.74, 6) is 0.0610. The Balaban J connectivity index is 1.85. The number of para-hydroxylation sites is 1. The summed E-state index contributed by atoms with van der Waals surface area (Å²) in [6.45, 7) is 0.929. The lowest BCUT2D eigenvalue weighted by Crippen LogP contribution is -2.35. The van der Waals surface area contributed by atoms with Crippen molar-refractivity contribution in [1.82, 2.24) is 5.32 Å². The first kappa shape index (κ1) is 12.9. The Bertz CT molecular complexity index is 589. The molecule has 0 spiro atoms. The number of nitrogens with one attached hydrogen (secondary N) is 2. The van der Waals surface area contributed by atoms with Gasteiger partial charge in [-0.1, -0.05) is 48.5 Å². The Morgan fingerprint density at radius 3 is 2.55 bits per heavy atom. The third kappa shape index (κ3) is 2.73. The lowest BCUT2D eigenvalue weighted by atomic mass is 10.0. The van der Waals surface area contributed by atoms with Gasteiger partial charge in [-0.3, -0.25) is 4.79 Å². The summed E-state index contributed by atoms with van der Waals surface area (Å²) in [7, 11) is 0. The first-order valence-electron chi connectivity index (χ1n) is 7.03. The molecule has 0 unspecified atom stereocenters. The predicted molar refractivity (Wildman–Crippen MR) is 81.5 cm³/mol. The van der Waals surface area contributed by atoms with Gasteiger partial charge in [-0.2, -0.15) is 0 Å². The second-order valence-corrected chi connectivity index (χ2v) is 5.05. The third-order valence-electron chi connectivity index (χ3n) is 3.65. The van der Waals surface area contributed by atoms with Gasteiger partial charge in [0.1, 0.15) is 0 Å². The monoisotopic (exact) mass is 266 g/mol. The van der Waals surface area contributed by atoms with Gasteiger partial charge in [-0.15, -0.1) is 0 Å². The van der Waals surface area contributed by atoms with E-state index in [1.54, 1.807) is 0 Å². The summed E-state index contributed by atoms with van der Waals surface area (Å²) < 4.78 is 0. The van der Waals surface area contributed by atoms with Crippen molar-refractivity contribution in [1.29, 1.82) is 0 Å². The molecule has 2 aromatic carbocycles. The summed E-state index contributed by atoms with van der Waals surface area (Å²) >= 11 is 0. The normalized spacial score (nSPS) is 17.9. The van der Waals surface area contributed by atoms with Crippen LogP contribution in [-0.2, 0) is 4.79 Å². The SMILES string of the molecule is O=C(Nc1ccccc1-c1ccccc1)[C@H]1CCCN1. The molecule has 1 aliphatic rings. The molecule has 0 aromatic heterocycles. The van der Waals surface area contributed by atoms with Gasteiger partial charge in [0, 0.05) is 11.3 Å². The molecule has 1 fully saturated rings. The highest BCUT2D eigenvalue weighted by Crippen LogP contribution is 2.27. The number of amides is 1. The van der Waals surface area contributed by atoms with E-state index in [-0.39, 0.29) is 11.9 Å². The van der Waals surface area contributed by atoms with Crippen LogP contribution in [0.2, 0.25) is 0 Å². The van der Waals surface area contributed by atoms with Crippen molar-refractivity contribution >= 4 is 11.6 Å². The Hall–Kier alpha value is -2.13. The zero-order valence-electron chi connectivity index (χ0n) is 11.3. The lowest BCUT2D eigenvalue weighted by Gasteiger charge is -2.14. The molecule has 0 bridgehead atoms. The summed E-state index contributed by atoms with van der Waals surface area (Å²) in [6.07, 6.45) is 1.98. The van der Waals surface area contributed by atoms with Crippen molar-refractivity contribution in [3.05, 3.63) is 54.6 Å². The van der Waals surface area contributed by atoms with Crippen LogP contribution >= 0.6 is 0 Å². The molecule has 2 N–H and O–H groups in total. The summed E-state index contributed by atoms with van der Waals surface area (Å²) in [5, 5.41) is 6.27. The van der Waals surface area contributed by atoms with Crippen LogP contribution in [0.5, 0.6) is 0 Å².